The molecule has 1 aromatic carbocycles. The van der Waals surface area contributed by atoms with E-state index in [0.717, 1.165) is 30.1 Å². The summed E-state index contributed by atoms with van der Waals surface area (Å²) in [5, 5.41) is 20.6. The zero-order valence-electron chi connectivity index (χ0n) is 13.5. The van der Waals surface area contributed by atoms with Crippen molar-refractivity contribution in [1.29, 1.82) is 0 Å². The SMILES string of the molecule is CSc1cc2c(cc1O)CC[C@@H]1[C@@H]2CC[C@]2(C)C(O)CC[C@@H]12. The first-order valence-electron chi connectivity index (χ1n) is 8.62. The maximum Gasteiger partial charge on any atom is 0.129 e. The third kappa shape index (κ3) is 1.98. The van der Waals surface area contributed by atoms with Crippen LogP contribution in [-0.2, 0) is 6.42 Å². The van der Waals surface area contributed by atoms with Gasteiger partial charge in [-0.15, -0.1) is 11.8 Å². The highest BCUT2D eigenvalue weighted by Gasteiger charge is 2.54. The summed E-state index contributed by atoms with van der Waals surface area (Å²) in [7, 11) is 0. The van der Waals surface area contributed by atoms with E-state index in [1.807, 2.05) is 12.3 Å². The summed E-state index contributed by atoms with van der Waals surface area (Å²) >= 11 is 1.64. The molecule has 0 spiro atoms. The van der Waals surface area contributed by atoms with Crippen molar-refractivity contribution < 1.29 is 10.2 Å². The standard InChI is InChI=1S/C19H26O2S/c1-19-8-7-12-13(15(19)5-6-18(19)21)4-3-11-9-16(20)17(22-2)10-14(11)12/h9-10,12-13,15,18,20-21H,3-8H2,1-2H3/t12-,13+,15-,18?,19-/m0/s1. The van der Waals surface area contributed by atoms with Crippen LogP contribution in [0.15, 0.2) is 17.0 Å². The van der Waals surface area contributed by atoms with Crippen LogP contribution in [0.25, 0.3) is 0 Å². The molecule has 0 radical (unpaired) electrons. The van der Waals surface area contributed by atoms with Crippen LogP contribution >= 0.6 is 11.8 Å². The van der Waals surface area contributed by atoms with Crippen molar-refractivity contribution in [3.63, 3.8) is 0 Å². The van der Waals surface area contributed by atoms with Gasteiger partial charge in [0, 0.05) is 4.90 Å². The first-order valence-corrected chi connectivity index (χ1v) is 9.85. The van der Waals surface area contributed by atoms with Crippen LogP contribution < -0.4 is 0 Å². The molecule has 2 nitrogen and oxygen atoms in total. The Bertz CT molecular complexity index is 599. The largest absolute Gasteiger partial charge is 0.507 e. The van der Waals surface area contributed by atoms with Crippen LogP contribution in [-0.4, -0.2) is 22.6 Å². The minimum Gasteiger partial charge on any atom is -0.507 e. The summed E-state index contributed by atoms with van der Waals surface area (Å²) in [5.41, 5.74) is 3.00. The van der Waals surface area contributed by atoms with Gasteiger partial charge in [-0.25, -0.2) is 0 Å². The van der Waals surface area contributed by atoms with Crippen LogP contribution in [0.5, 0.6) is 5.75 Å². The number of hydrogen-bond donors (Lipinski definition) is 2. The molecule has 3 aliphatic carbocycles. The smallest absolute Gasteiger partial charge is 0.129 e. The Balaban J connectivity index is 1.72. The van der Waals surface area contributed by atoms with E-state index in [0.29, 0.717) is 17.6 Å². The fourth-order valence-electron chi connectivity index (χ4n) is 5.72. The van der Waals surface area contributed by atoms with Gasteiger partial charge in [0.2, 0.25) is 0 Å². The Morgan fingerprint density at radius 1 is 1.18 bits per heavy atom. The highest BCUT2D eigenvalue weighted by Crippen LogP contribution is 2.61. The summed E-state index contributed by atoms with van der Waals surface area (Å²) in [6.07, 6.45) is 8.78. The van der Waals surface area contributed by atoms with Gasteiger partial charge in [0.1, 0.15) is 5.75 Å². The fraction of sp³-hybridized carbons (Fsp3) is 0.684. The lowest BCUT2D eigenvalue weighted by Crippen LogP contribution is -2.43. The van der Waals surface area contributed by atoms with Gasteiger partial charge in [0.25, 0.3) is 0 Å². The zero-order valence-corrected chi connectivity index (χ0v) is 14.3. The predicted molar refractivity (Wildman–Crippen MR) is 90.5 cm³/mol. The second-order valence-corrected chi connectivity index (χ2v) is 8.62. The summed E-state index contributed by atoms with van der Waals surface area (Å²) in [5.74, 6) is 2.49. The summed E-state index contributed by atoms with van der Waals surface area (Å²) in [4.78, 5) is 1.01. The molecule has 2 fully saturated rings. The van der Waals surface area contributed by atoms with Crippen LogP contribution in [0, 0.1) is 17.3 Å². The van der Waals surface area contributed by atoms with Crippen LogP contribution in [0.4, 0.5) is 0 Å². The van der Waals surface area contributed by atoms with E-state index < -0.39 is 0 Å². The second-order valence-electron chi connectivity index (χ2n) is 7.78. The number of phenols is 1. The van der Waals surface area contributed by atoms with Crippen molar-refractivity contribution in [2.75, 3.05) is 6.26 Å². The van der Waals surface area contributed by atoms with Crippen molar-refractivity contribution in [3.8, 4) is 5.75 Å². The van der Waals surface area contributed by atoms with Crippen LogP contribution in [0.2, 0.25) is 0 Å². The molecule has 0 heterocycles. The number of hydrogen-bond acceptors (Lipinski definition) is 3. The van der Waals surface area contributed by atoms with Crippen LogP contribution in [0.1, 0.15) is 56.1 Å². The Labute approximate surface area is 137 Å². The Kier molecular flexibility index (Phi) is 3.50. The van der Waals surface area contributed by atoms with Crippen LogP contribution in [0.3, 0.4) is 0 Å². The van der Waals surface area contributed by atoms with Gasteiger partial charge < -0.3 is 10.2 Å². The van der Waals surface area contributed by atoms with Gasteiger partial charge in [0.05, 0.1) is 6.10 Å². The summed E-state index contributed by atoms with van der Waals surface area (Å²) in [6, 6.07) is 4.26. The van der Waals surface area contributed by atoms with Crippen molar-refractivity contribution >= 4 is 11.8 Å². The molecular weight excluding hydrogens is 292 g/mol. The van der Waals surface area contributed by atoms with Gasteiger partial charge in [-0.3, -0.25) is 0 Å². The maximum atomic E-state index is 10.5. The Morgan fingerprint density at radius 3 is 2.77 bits per heavy atom. The topological polar surface area (TPSA) is 40.5 Å². The van der Waals surface area contributed by atoms with Crippen molar-refractivity contribution in [3.05, 3.63) is 23.3 Å². The van der Waals surface area contributed by atoms with Gasteiger partial charge in [-0.2, -0.15) is 0 Å². The molecule has 120 valence electrons. The molecule has 1 aromatic rings. The van der Waals surface area contributed by atoms with E-state index in [9.17, 15) is 10.2 Å². The predicted octanol–water partition coefficient (Wildman–Crippen LogP) is 4.33. The van der Waals surface area contributed by atoms with Crippen molar-refractivity contribution in [1.82, 2.24) is 0 Å². The first-order chi connectivity index (χ1) is 10.5. The quantitative estimate of drug-likeness (QED) is 0.757. The number of aliphatic hydroxyl groups is 1. The zero-order chi connectivity index (χ0) is 15.5. The number of benzene rings is 1. The fourth-order valence-corrected chi connectivity index (χ4v) is 6.24. The average molecular weight is 318 g/mol. The van der Waals surface area contributed by atoms with Gasteiger partial charge >= 0.3 is 0 Å². The molecule has 22 heavy (non-hydrogen) atoms. The maximum absolute atomic E-state index is 10.5. The molecule has 3 heteroatoms. The normalized spacial score (nSPS) is 40.0. The molecule has 0 aromatic heterocycles. The van der Waals surface area contributed by atoms with E-state index in [4.69, 9.17) is 0 Å². The number of thioether (sulfide) groups is 1. The third-order valence-corrected chi connectivity index (χ3v) is 7.74. The third-order valence-electron chi connectivity index (χ3n) is 6.97. The highest BCUT2D eigenvalue weighted by molar-refractivity contribution is 7.98. The molecule has 1 unspecified atom stereocenters. The Hall–Kier alpha value is -0.670. The minimum absolute atomic E-state index is 0.0959. The number of aliphatic hydroxyl groups excluding tert-OH is 1. The Morgan fingerprint density at radius 2 is 2.00 bits per heavy atom. The van der Waals surface area contributed by atoms with E-state index in [1.54, 1.807) is 11.8 Å². The van der Waals surface area contributed by atoms with Crippen molar-refractivity contribution in [2.24, 2.45) is 17.3 Å². The molecule has 0 amide bonds. The average Bonchev–Trinajstić information content (AvgIpc) is 2.82. The number of rotatable bonds is 1. The van der Waals surface area contributed by atoms with Gasteiger partial charge in [-0.1, -0.05) is 6.92 Å². The molecule has 0 bridgehead atoms. The number of fused-ring (bicyclic) bond motifs is 5. The first kappa shape index (κ1) is 14.9. The molecule has 4 rings (SSSR count). The molecule has 0 saturated heterocycles. The molecule has 3 aliphatic rings. The van der Waals surface area contributed by atoms with Gasteiger partial charge in [-0.05, 0) is 91.2 Å². The number of aromatic hydroxyl groups is 1. The van der Waals surface area contributed by atoms with Crippen molar-refractivity contribution in [2.45, 2.75) is 62.4 Å². The minimum atomic E-state index is -0.0959. The monoisotopic (exact) mass is 318 g/mol. The lowest BCUT2D eigenvalue weighted by Gasteiger charge is -2.50. The lowest BCUT2D eigenvalue weighted by atomic mass is 9.55. The highest BCUT2D eigenvalue weighted by atomic mass is 32.2. The van der Waals surface area contributed by atoms with E-state index in [2.05, 4.69) is 13.0 Å². The molecular formula is C19H26O2S. The second kappa shape index (κ2) is 5.17. The van der Waals surface area contributed by atoms with E-state index >= 15 is 0 Å². The molecule has 0 aliphatic heterocycles. The number of aryl methyl sites for hydroxylation is 1. The summed E-state index contributed by atoms with van der Waals surface area (Å²) in [6.45, 7) is 2.32. The van der Waals surface area contributed by atoms with Gasteiger partial charge in [0.15, 0.2) is 0 Å². The van der Waals surface area contributed by atoms with E-state index in [-0.39, 0.29) is 11.5 Å². The summed E-state index contributed by atoms with van der Waals surface area (Å²) < 4.78 is 0. The van der Waals surface area contributed by atoms with E-state index in [1.165, 1.54) is 30.4 Å². The molecule has 2 saturated carbocycles. The molecule has 5 atom stereocenters. The number of phenolic OH excluding ortho intramolecular Hbond substituents is 1. The molecule has 2 N–H and O–H groups in total. The lowest BCUT2D eigenvalue weighted by molar-refractivity contribution is -0.0226.